The molecular formula is C18H26N4O4. The van der Waals surface area contributed by atoms with Crippen molar-refractivity contribution < 1.29 is 19.4 Å². The molecule has 2 bridgehead atoms. The number of amides is 2. The van der Waals surface area contributed by atoms with Crippen LogP contribution in [0.3, 0.4) is 0 Å². The predicted molar refractivity (Wildman–Crippen MR) is 95.5 cm³/mol. The number of urea groups is 1. The van der Waals surface area contributed by atoms with E-state index >= 15 is 0 Å². The average molecular weight is 362 g/mol. The number of nitrogens with one attached hydrogen (secondary N) is 2. The molecule has 1 aromatic rings. The van der Waals surface area contributed by atoms with Crippen molar-refractivity contribution >= 4 is 6.03 Å². The first-order valence-corrected chi connectivity index (χ1v) is 8.80. The molecule has 2 amide bonds. The molecule has 0 spiro atoms. The first-order chi connectivity index (χ1) is 12.6. The van der Waals surface area contributed by atoms with E-state index in [9.17, 15) is 9.90 Å². The maximum Gasteiger partial charge on any atom is 0.315 e. The molecule has 2 aliphatic rings. The standard InChI is InChI=1S/C18H26N4O4/c1-3-8-20-18(24)21-14-13-11-25-17(26-13)15(16(14)23)22(2)10-7-12-6-4-5-9-19-12/h3-6,9,13-17,23H,1,7-8,10-11H2,2H3,(H2,20,21,24)/t13-,14-,15-,16+,17-/m1/s1. The molecule has 8 nitrogen and oxygen atoms in total. The molecule has 142 valence electrons. The number of likely N-dealkylation sites (N-methyl/N-ethyl adjacent to an activating group) is 1. The van der Waals surface area contributed by atoms with Gasteiger partial charge in [0.2, 0.25) is 0 Å². The van der Waals surface area contributed by atoms with Crippen molar-refractivity contribution in [2.75, 3.05) is 26.7 Å². The van der Waals surface area contributed by atoms with Crippen molar-refractivity contribution in [2.45, 2.75) is 37.0 Å². The van der Waals surface area contributed by atoms with Crippen molar-refractivity contribution in [1.82, 2.24) is 20.5 Å². The van der Waals surface area contributed by atoms with E-state index in [1.807, 2.05) is 30.1 Å². The third kappa shape index (κ3) is 4.21. The quantitative estimate of drug-likeness (QED) is 0.586. The maximum absolute atomic E-state index is 12.0. The number of aliphatic hydroxyl groups is 1. The van der Waals surface area contributed by atoms with E-state index in [1.165, 1.54) is 0 Å². The Labute approximate surface area is 153 Å². The molecule has 0 saturated carbocycles. The molecule has 0 radical (unpaired) electrons. The van der Waals surface area contributed by atoms with Crippen molar-refractivity contribution in [3.8, 4) is 0 Å². The van der Waals surface area contributed by atoms with Crippen molar-refractivity contribution in [1.29, 1.82) is 0 Å². The summed E-state index contributed by atoms with van der Waals surface area (Å²) >= 11 is 0. The topological polar surface area (TPSA) is 96.0 Å². The molecule has 2 fully saturated rings. The van der Waals surface area contributed by atoms with Crippen LogP contribution in [0.15, 0.2) is 37.1 Å². The van der Waals surface area contributed by atoms with E-state index < -0.39 is 18.4 Å². The highest BCUT2D eigenvalue weighted by molar-refractivity contribution is 5.74. The van der Waals surface area contributed by atoms with Crippen molar-refractivity contribution in [2.24, 2.45) is 0 Å². The minimum atomic E-state index is -0.801. The van der Waals surface area contributed by atoms with Crippen LogP contribution in [-0.2, 0) is 15.9 Å². The molecule has 2 saturated heterocycles. The maximum atomic E-state index is 12.0. The van der Waals surface area contributed by atoms with Gasteiger partial charge in [0, 0.05) is 31.4 Å². The zero-order valence-electron chi connectivity index (χ0n) is 14.9. The second kappa shape index (κ2) is 8.59. The Hall–Kier alpha value is -2.00. The van der Waals surface area contributed by atoms with Gasteiger partial charge in [-0.3, -0.25) is 9.88 Å². The lowest BCUT2D eigenvalue weighted by Gasteiger charge is -2.42. The smallest absolute Gasteiger partial charge is 0.315 e. The molecular weight excluding hydrogens is 336 g/mol. The third-order valence-electron chi connectivity index (χ3n) is 4.79. The van der Waals surface area contributed by atoms with Gasteiger partial charge in [-0.1, -0.05) is 12.1 Å². The molecule has 0 aromatic carbocycles. The molecule has 26 heavy (non-hydrogen) atoms. The largest absolute Gasteiger partial charge is 0.389 e. The number of ether oxygens (including phenoxy) is 2. The average Bonchev–Trinajstić information content (AvgIpc) is 3.08. The lowest BCUT2D eigenvalue weighted by Crippen LogP contribution is -2.65. The van der Waals surface area contributed by atoms with Crippen LogP contribution in [0, 0.1) is 0 Å². The first kappa shape index (κ1) is 18.8. The summed E-state index contributed by atoms with van der Waals surface area (Å²) in [6, 6.07) is 4.53. The number of aliphatic hydroxyl groups excluding tert-OH is 1. The normalized spacial score (nSPS) is 30.2. The van der Waals surface area contributed by atoms with Gasteiger partial charge in [-0.05, 0) is 19.2 Å². The highest BCUT2D eigenvalue weighted by atomic mass is 16.7. The van der Waals surface area contributed by atoms with Gasteiger partial charge in [-0.2, -0.15) is 0 Å². The summed E-state index contributed by atoms with van der Waals surface area (Å²) in [6.45, 7) is 4.95. The zero-order chi connectivity index (χ0) is 18.5. The number of nitrogens with zero attached hydrogens (tertiary/aromatic N) is 2. The van der Waals surface area contributed by atoms with Crippen LogP contribution >= 0.6 is 0 Å². The number of hydrogen-bond acceptors (Lipinski definition) is 6. The van der Waals surface area contributed by atoms with Crippen LogP contribution in [-0.4, -0.2) is 78.3 Å². The molecule has 3 heterocycles. The van der Waals surface area contributed by atoms with E-state index in [4.69, 9.17) is 9.47 Å². The highest BCUT2D eigenvalue weighted by Gasteiger charge is 2.51. The van der Waals surface area contributed by atoms with Gasteiger partial charge in [0.05, 0.1) is 24.8 Å². The number of carbonyl (C=O) groups excluding carboxylic acids is 1. The van der Waals surface area contributed by atoms with Crippen molar-refractivity contribution in [3.63, 3.8) is 0 Å². The fraction of sp³-hybridized carbons (Fsp3) is 0.556. The minimum Gasteiger partial charge on any atom is -0.389 e. The summed E-state index contributed by atoms with van der Waals surface area (Å²) in [4.78, 5) is 18.3. The van der Waals surface area contributed by atoms with Crippen LogP contribution in [0.5, 0.6) is 0 Å². The molecule has 0 unspecified atom stereocenters. The fourth-order valence-corrected chi connectivity index (χ4v) is 3.40. The number of hydrogen-bond donors (Lipinski definition) is 3. The lowest BCUT2D eigenvalue weighted by atomic mass is 9.95. The van der Waals surface area contributed by atoms with Gasteiger partial charge >= 0.3 is 6.03 Å². The molecule has 2 aliphatic heterocycles. The van der Waals surface area contributed by atoms with Gasteiger partial charge < -0.3 is 25.2 Å². The Morgan fingerprint density at radius 1 is 1.54 bits per heavy atom. The number of rotatable bonds is 7. The summed E-state index contributed by atoms with van der Waals surface area (Å²) in [5, 5.41) is 16.3. The Bertz CT molecular complexity index is 614. The van der Waals surface area contributed by atoms with E-state index in [-0.39, 0.29) is 18.2 Å². The second-order valence-corrected chi connectivity index (χ2v) is 6.58. The summed E-state index contributed by atoms with van der Waals surface area (Å²) in [5.74, 6) is 0. The van der Waals surface area contributed by atoms with Crippen LogP contribution in [0.2, 0.25) is 0 Å². The molecule has 5 atom stereocenters. The molecule has 3 rings (SSSR count). The highest BCUT2D eigenvalue weighted by Crippen LogP contribution is 2.31. The number of pyridine rings is 1. The van der Waals surface area contributed by atoms with Crippen LogP contribution in [0.1, 0.15) is 5.69 Å². The number of aromatic nitrogens is 1. The Morgan fingerprint density at radius 2 is 2.38 bits per heavy atom. The Balaban J connectivity index is 1.62. The van der Waals surface area contributed by atoms with E-state index in [2.05, 4.69) is 22.2 Å². The van der Waals surface area contributed by atoms with Crippen molar-refractivity contribution in [3.05, 3.63) is 42.7 Å². The summed E-state index contributed by atoms with van der Waals surface area (Å²) < 4.78 is 11.6. The summed E-state index contributed by atoms with van der Waals surface area (Å²) in [6.07, 6.45) is 2.44. The molecule has 0 aliphatic carbocycles. The first-order valence-electron chi connectivity index (χ1n) is 8.80. The molecule has 3 N–H and O–H groups in total. The third-order valence-corrected chi connectivity index (χ3v) is 4.79. The van der Waals surface area contributed by atoms with E-state index in [0.29, 0.717) is 19.7 Å². The Kier molecular flexibility index (Phi) is 6.20. The van der Waals surface area contributed by atoms with Gasteiger partial charge in [0.1, 0.15) is 6.10 Å². The van der Waals surface area contributed by atoms with Gasteiger partial charge in [0.15, 0.2) is 6.29 Å². The number of carbonyl (C=O) groups is 1. The van der Waals surface area contributed by atoms with Gasteiger partial charge in [-0.25, -0.2) is 4.79 Å². The summed E-state index contributed by atoms with van der Waals surface area (Å²) in [5.41, 5.74) is 0.981. The summed E-state index contributed by atoms with van der Waals surface area (Å²) in [7, 11) is 1.91. The van der Waals surface area contributed by atoms with Gasteiger partial charge in [-0.15, -0.1) is 6.58 Å². The number of fused-ring (bicyclic) bond motifs is 2. The Morgan fingerprint density at radius 3 is 3.12 bits per heavy atom. The lowest BCUT2D eigenvalue weighted by molar-refractivity contribution is -0.177. The second-order valence-electron chi connectivity index (χ2n) is 6.58. The minimum absolute atomic E-state index is 0.346. The van der Waals surface area contributed by atoms with Crippen LogP contribution in [0.4, 0.5) is 4.79 Å². The van der Waals surface area contributed by atoms with E-state index in [0.717, 1.165) is 12.1 Å². The zero-order valence-corrected chi connectivity index (χ0v) is 14.9. The fourth-order valence-electron chi connectivity index (χ4n) is 3.40. The van der Waals surface area contributed by atoms with Crippen LogP contribution < -0.4 is 10.6 Å². The van der Waals surface area contributed by atoms with Crippen LogP contribution in [0.25, 0.3) is 0 Å². The predicted octanol–water partition coefficient (Wildman–Crippen LogP) is -0.106. The molecule has 8 heteroatoms. The SMILES string of the molecule is C=CCNC(=O)N[C@H]1[C@H](O)[C@@H](N(C)CCc2ccccn2)[C@@H]2OC[C@H]1O2. The van der Waals surface area contributed by atoms with E-state index in [1.54, 1.807) is 12.3 Å². The molecule has 1 aromatic heterocycles. The van der Waals surface area contributed by atoms with Gasteiger partial charge in [0.25, 0.3) is 0 Å². The monoisotopic (exact) mass is 362 g/mol.